The first-order chi connectivity index (χ1) is 14.9. The first-order valence-corrected chi connectivity index (χ1v) is 11.9. The van der Waals surface area contributed by atoms with Crippen LogP contribution in [0.2, 0.25) is 5.02 Å². The number of carbonyl (C=O) groups excluding carboxylic acids is 1. The largest absolute Gasteiger partial charge is 0.347 e. The lowest BCUT2D eigenvalue weighted by Crippen LogP contribution is -2.35. The maximum Gasteiger partial charge on any atom is 0.271 e. The minimum Gasteiger partial charge on any atom is -0.347 e. The van der Waals surface area contributed by atoms with Gasteiger partial charge in [0, 0.05) is 36.5 Å². The molecule has 9 heteroatoms. The fourth-order valence-corrected chi connectivity index (χ4v) is 5.14. The zero-order valence-electron chi connectivity index (χ0n) is 16.9. The molecule has 31 heavy (non-hydrogen) atoms. The number of sulfonamides is 1. The molecule has 0 unspecified atom stereocenters. The van der Waals surface area contributed by atoms with Gasteiger partial charge in [-0.3, -0.25) is 4.79 Å². The van der Waals surface area contributed by atoms with Gasteiger partial charge in [-0.15, -0.1) is 0 Å². The first-order valence-electron chi connectivity index (χ1n) is 10.1. The van der Waals surface area contributed by atoms with E-state index in [1.165, 1.54) is 6.33 Å². The van der Waals surface area contributed by atoms with Gasteiger partial charge in [-0.2, -0.15) is 4.31 Å². The predicted octanol–water partition coefficient (Wildman–Crippen LogP) is 3.63. The van der Waals surface area contributed by atoms with Gasteiger partial charge in [0.25, 0.3) is 5.91 Å². The van der Waals surface area contributed by atoms with Crippen molar-refractivity contribution in [2.75, 3.05) is 13.1 Å². The second-order valence-corrected chi connectivity index (χ2v) is 9.81. The highest BCUT2D eigenvalue weighted by Gasteiger charge is 2.25. The van der Waals surface area contributed by atoms with E-state index in [9.17, 15) is 13.2 Å². The fourth-order valence-electron chi connectivity index (χ4n) is 3.50. The molecule has 0 radical (unpaired) electrons. The molecule has 1 aliphatic heterocycles. The van der Waals surface area contributed by atoms with Crippen molar-refractivity contribution in [3.05, 3.63) is 77.3 Å². The molecular formula is C22H23ClN4O3S. The van der Waals surface area contributed by atoms with E-state index in [1.54, 1.807) is 51.5 Å². The molecular weight excluding hydrogens is 436 g/mol. The molecule has 2 aromatic carbocycles. The van der Waals surface area contributed by atoms with Crippen LogP contribution in [0, 0.1) is 0 Å². The summed E-state index contributed by atoms with van der Waals surface area (Å²) in [4.78, 5) is 16.8. The van der Waals surface area contributed by atoms with E-state index < -0.39 is 10.0 Å². The molecule has 1 aliphatic rings. The van der Waals surface area contributed by atoms with Crippen molar-refractivity contribution >= 4 is 27.5 Å². The summed E-state index contributed by atoms with van der Waals surface area (Å²) in [6.07, 6.45) is 6.02. The molecule has 1 fully saturated rings. The van der Waals surface area contributed by atoms with Gasteiger partial charge in [0.15, 0.2) is 0 Å². The Morgan fingerprint density at radius 1 is 1.00 bits per heavy atom. The predicted molar refractivity (Wildman–Crippen MR) is 119 cm³/mol. The van der Waals surface area contributed by atoms with Gasteiger partial charge >= 0.3 is 0 Å². The lowest BCUT2D eigenvalue weighted by molar-refractivity contribution is 0.0946. The summed E-state index contributed by atoms with van der Waals surface area (Å²) in [5.41, 5.74) is 1.93. The van der Waals surface area contributed by atoms with Crippen LogP contribution in [0.1, 0.15) is 35.3 Å². The van der Waals surface area contributed by atoms with Gasteiger partial charge in [-0.25, -0.2) is 13.4 Å². The molecule has 0 bridgehead atoms. The Morgan fingerprint density at radius 2 is 1.68 bits per heavy atom. The summed E-state index contributed by atoms with van der Waals surface area (Å²) < 4.78 is 28.8. The number of benzene rings is 2. The Labute approximate surface area is 186 Å². The molecule has 0 atom stereocenters. The number of piperidine rings is 1. The molecule has 3 aromatic rings. The van der Waals surface area contributed by atoms with E-state index in [-0.39, 0.29) is 16.5 Å². The van der Waals surface area contributed by atoms with Gasteiger partial charge in [0.05, 0.1) is 4.90 Å². The molecule has 1 amide bonds. The molecule has 7 nitrogen and oxygen atoms in total. The Morgan fingerprint density at radius 3 is 2.35 bits per heavy atom. The highest BCUT2D eigenvalue weighted by molar-refractivity contribution is 7.89. The summed E-state index contributed by atoms with van der Waals surface area (Å²) in [5.74, 6) is -0.294. The van der Waals surface area contributed by atoms with Crippen LogP contribution in [0.15, 0.2) is 66.0 Å². The van der Waals surface area contributed by atoms with Crippen molar-refractivity contribution < 1.29 is 13.2 Å². The second kappa shape index (κ2) is 9.21. The Hall–Kier alpha value is -2.68. The lowest BCUT2D eigenvalue weighted by Gasteiger charge is -2.25. The number of nitrogens with zero attached hydrogens (tertiary/aromatic N) is 3. The third-order valence-corrected chi connectivity index (χ3v) is 7.43. The summed E-state index contributed by atoms with van der Waals surface area (Å²) in [6, 6.07) is 13.9. The third-order valence-electron chi connectivity index (χ3n) is 5.27. The molecule has 0 spiro atoms. The van der Waals surface area contributed by atoms with Crippen LogP contribution in [0.3, 0.4) is 0 Å². The van der Waals surface area contributed by atoms with Crippen molar-refractivity contribution in [2.45, 2.75) is 30.7 Å². The van der Waals surface area contributed by atoms with E-state index >= 15 is 0 Å². The molecule has 0 aliphatic carbocycles. The molecule has 1 saturated heterocycles. The number of nitrogens with one attached hydrogen (secondary N) is 1. The molecule has 1 N–H and O–H groups in total. The average molecular weight is 459 g/mol. The van der Waals surface area contributed by atoms with Crippen LogP contribution < -0.4 is 5.32 Å². The highest BCUT2D eigenvalue weighted by Crippen LogP contribution is 2.22. The molecule has 1 aromatic heterocycles. The number of imidazole rings is 1. The van der Waals surface area contributed by atoms with Crippen molar-refractivity contribution in [3.63, 3.8) is 0 Å². The SMILES string of the molecule is O=C(NCc1ccc(Cl)cc1)c1cn(-c2ccc(S(=O)(=O)N3CCCCC3)cc2)cn1. The standard InChI is InChI=1S/C22H23ClN4O3S/c23-18-6-4-17(5-7-18)14-24-22(28)21-15-26(16-25-21)19-8-10-20(11-9-19)31(29,30)27-12-2-1-3-13-27/h4-11,15-16H,1-3,12-14H2,(H,24,28). The number of amides is 1. The van der Waals surface area contributed by atoms with Gasteiger partial charge in [-0.1, -0.05) is 30.2 Å². The Kier molecular flexibility index (Phi) is 6.41. The van der Waals surface area contributed by atoms with E-state index in [2.05, 4.69) is 10.3 Å². The second-order valence-electron chi connectivity index (χ2n) is 7.43. The van der Waals surface area contributed by atoms with Crippen LogP contribution in [-0.2, 0) is 16.6 Å². The minimum atomic E-state index is -3.47. The summed E-state index contributed by atoms with van der Waals surface area (Å²) >= 11 is 5.87. The molecule has 162 valence electrons. The number of hydrogen-bond acceptors (Lipinski definition) is 4. The maximum atomic E-state index is 12.8. The maximum absolute atomic E-state index is 12.8. The first kappa shape index (κ1) is 21.5. The third kappa shape index (κ3) is 4.98. The molecule has 0 saturated carbocycles. The van der Waals surface area contributed by atoms with E-state index in [1.807, 2.05) is 12.1 Å². The molecule has 4 rings (SSSR count). The van der Waals surface area contributed by atoms with Crippen LogP contribution in [0.4, 0.5) is 0 Å². The Balaban J connectivity index is 1.42. The normalized spacial score (nSPS) is 15.0. The smallest absolute Gasteiger partial charge is 0.271 e. The topological polar surface area (TPSA) is 84.3 Å². The van der Waals surface area contributed by atoms with Crippen molar-refractivity contribution in [2.24, 2.45) is 0 Å². The van der Waals surface area contributed by atoms with Crippen LogP contribution in [-0.4, -0.2) is 41.3 Å². The van der Waals surface area contributed by atoms with Gasteiger partial charge < -0.3 is 9.88 Å². The van der Waals surface area contributed by atoms with Crippen molar-refractivity contribution in [1.29, 1.82) is 0 Å². The van der Waals surface area contributed by atoms with Crippen LogP contribution >= 0.6 is 11.6 Å². The zero-order chi connectivity index (χ0) is 21.8. The summed E-state index contributed by atoms with van der Waals surface area (Å²) in [5, 5.41) is 3.46. The van der Waals surface area contributed by atoms with Crippen LogP contribution in [0.25, 0.3) is 5.69 Å². The summed E-state index contributed by atoms with van der Waals surface area (Å²) in [6.45, 7) is 1.51. The van der Waals surface area contributed by atoms with E-state index in [0.717, 1.165) is 30.5 Å². The average Bonchev–Trinajstić information content (AvgIpc) is 3.30. The Bertz CT molecular complexity index is 1150. The van der Waals surface area contributed by atoms with Crippen LogP contribution in [0.5, 0.6) is 0 Å². The lowest BCUT2D eigenvalue weighted by atomic mass is 10.2. The van der Waals surface area contributed by atoms with Gasteiger partial charge in [0.2, 0.25) is 10.0 Å². The summed E-state index contributed by atoms with van der Waals surface area (Å²) in [7, 11) is -3.47. The fraction of sp³-hybridized carbons (Fsp3) is 0.273. The quantitative estimate of drug-likeness (QED) is 0.611. The van der Waals surface area contributed by atoms with E-state index in [4.69, 9.17) is 11.6 Å². The number of hydrogen-bond donors (Lipinski definition) is 1. The molecule has 2 heterocycles. The number of rotatable bonds is 6. The van der Waals surface area contributed by atoms with E-state index in [0.29, 0.717) is 24.7 Å². The minimum absolute atomic E-state index is 0.277. The van der Waals surface area contributed by atoms with Crippen molar-refractivity contribution in [1.82, 2.24) is 19.2 Å². The van der Waals surface area contributed by atoms with Gasteiger partial charge in [0.1, 0.15) is 12.0 Å². The monoisotopic (exact) mass is 458 g/mol. The zero-order valence-corrected chi connectivity index (χ0v) is 18.4. The van der Waals surface area contributed by atoms with Crippen molar-refractivity contribution in [3.8, 4) is 5.69 Å². The number of carbonyl (C=O) groups is 1. The number of halogens is 1. The van der Waals surface area contributed by atoms with Gasteiger partial charge in [-0.05, 0) is 54.8 Å². The number of aromatic nitrogens is 2. The highest BCUT2D eigenvalue weighted by atomic mass is 35.5.